The maximum absolute atomic E-state index is 12.3. The van der Waals surface area contributed by atoms with Crippen molar-refractivity contribution < 1.29 is 9.47 Å². The number of fused-ring (bicyclic) bond motifs is 1. The van der Waals surface area contributed by atoms with E-state index in [-0.39, 0.29) is 5.56 Å². The molecule has 2 rings (SSSR count). The molecule has 1 aromatic heterocycles. The van der Waals surface area contributed by atoms with Gasteiger partial charge < -0.3 is 18.9 Å². The Kier molecular flexibility index (Phi) is 5.60. The van der Waals surface area contributed by atoms with Crippen molar-refractivity contribution >= 4 is 10.9 Å². The summed E-state index contributed by atoms with van der Waals surface area (Å²) < 4.78 is 12.6. The Morgan fingerprint density at radius 1 is 1.13 bits per heavy atom. The number of aryl methyl sites for hydroxylation is 2. The lowest BCUT2D eigenvalue weighted by atomic mass is 10.2. The van der Waals surface area contributed by atoms with Crippen LogP contribution < -0.4 is 15.0 Å². The fourth-order valence-corrected chi connectivity index (χ4v) is 2.64. The van der Waals surface area contributed by atoms with Crippen molar-refractivity contribution in [2.75, 3.05) is 34.9 Å². The molecule has 0 aliphatic rings. The topological polar surface area (TPSA) is 56.6 Å². The van der Waals surface area contributed by atoms with Gasteiger partial charge in [-0.25, -0.2) is 0 Å². The molecule has 0 saturated carbocycles. The predicted octanol–water partition coefficient (Wildman–Crippen LogP) is 1.83. The molecule has 0 amide bonds. The highest BCUT2D eigenvalue weighted by Gasteiger charge is 2.13. The van der Waals surface area contributed by atoms with E-state index < -0.39 is 0 Å². The van der Waals surface area contributed by atoms with Gasteiger partial charge in [-0.2, -0.15) is 4.98 Å². The quantitative estimate of drug-likeness (QED) is 0.729. The van der Waals surface area contributed by atoms with Gasteiger partial charge in [-0.15, -0.1) is 0 Å². The third-order valence-electron chi connectivity index (χ3n) is 3.97. The highest BCUT2D eigenvalue weighted by Crippen LogP contribution is 2.30. The molecule has 6 nitrogen and oxygen atoms in total. The fraction of sp³-hybridized carbons (Fsp3) is 0.529. The minimum atomic E-state index is -0.221. The highest BCUT2D eigenvalue weighted by atomic mass is 16.5. The summed E-state index contributed by atoms with van der Waals surface area (Å²) in [6.07, 6.45) is 2.86. The van der Waals surface area contributed by atoms with Crippen LogP contribution in [0.4, 0.5) is 0 Å². The lowest BCUT2D eigenvalue weighted by Crippen LogP contribution is -2.18. The van der Waals surface area contributed by atoms with Crippen molar-refractivity contribution in [3.63, 3.8) is 0 Å². The lowest BCUT2D eigenvalue weighted by molar-refractivity contribution is 0.355. The maximum Gasteiger partial charge on any atom is 0.280 e. The molecule has 1 heterocycles. The van der Waals surface area contributed by atoms with Gasteiger partial charge >= 0.3 is 0 Å². The zero-order valence-electron chi connectivity index (χ0n) is 14.5. The van der Waals surface area contributed by atoms with Gasteiger partial charge in [0.1, 0.15) is 5.82 Å². The van der Waals surface area contributed by atoms with E-state index in [1.807, 2.05) is 17.7 Å². The van der Waals surface area contributed by atoms with Crippen LogP contribution in [0.25, 0.3) is 10.9 Å². The largest absolute Gasteiger partial charge is 0.493 e. The minimum Gasteiger partial charge on any atom is -0.493 e. The molecule has 0 N–H and O–H groups in total. The normalized spacial score (nSPS) is 11.2. The highest BCUT2D eigenvalue weighted by molar-refractivity contribution is 5.82. The number of hydrogen-bond acceptors (Lipinski definition) is 5. The van der Waals surface area contributed by atoms with E-state index in [1.54, 1.807) is 20.3 Å². The SMILES string of the molecule is COc1cc2c(=O)nc(CCCCN(C)C)n(C)c2cc1OC. The third kappa shape index (κ3) is 3.82. The molecule has 0 fully saturated rings. The van der Waals surface area contributed by atoms with E-state index in [0.29, 0.717) is 16.9 Å². The number of hydrogen-bond donors (Lipinski definition) is 0. The molecule has 0 spiro atoms. The number of benzene rings is 1. The molecular formula is C17H25N3O3. The van der Waals surface area contributed by atoms with Gasteiger partial charge in [0, 0.05) is 19.5 Å². The average molecular weight is 319 g/mol. The van der Waals surface area contributed by atoms with E-state index in [1.165, 1.54) is 0 Å². The van der Waals surface area contributed by atoms with Gasteiger partial charge in [-0.3, -0.25) is 4.79 Å². The molecule has 126 valence electrons. The molecule has 0 aliphatic heterocycles. The second-order valence-corrected chi connectivity index (χ2v) is 5.88. The number of nitrogens with zero attached hydrogens (tertiary/aromatic N) is 3. The summed E-state index contributed by atoms with van der Waals surface area (Å²) in [5.41, 5.74) is 0.590. The molecule has 1 aromatic carbocycles. The summed E-state index contributed by atoms with van der Waals surface area (Å²) >= 11 is 0. The van der Waals surface area contributed by atoms with Crippen LogP contribution in [0.3, 0.4) is 0 Å². The van der Waals surface area contributed by atoms with Crippen LogP contribution in [0.1, 0.15) is 18.7 Å². The number of rotatable bonds is 7. The molecule has 0 atom stereocenters. The number of methoxy groups -OCH3 is 2. The van der Waals surface area contributed by atoms with Crippen LogP contribution in [0.5, 0.6) is 11.5 Å². The predicted molar refractivity (Wildman–Crippen MR) is 91.6 cm³/mol. The molecule has 2 aromatic rings. The van der Waals surface area contributed by atoms with E-state index in [4.69, 9.17) is 9.47 Å². The molecule has 0 bridgehead atoms. The van der Waals surface area contributed by atoms with Crippen molar-refractivity contribution in [3.8, 4) is 11.5 Å². The molecule has 0 aliphatic carbocycles. The first kappa shape index (κ1) is 17.3. The number of ether oxygens (including phenoxy) is 2. The van der Waals surface area contributed by atoms with Crippen LogP contribution in [0, 0.1) is 0 Å². The molecule has 23 heavy (non-hydrogen) atoms. The van der Waals surface area contributed by atoms with Gasteiger partial charge in [0.05, 0.1) is 25.1 Å². The summed E-state index contributed by atoms with van der Waals surface area (Å²) in [4.78, 5) is 18.7. The molecule has 0 unspecified atom stereocenters. The number of unbranched alkanes of at least 4 members (excludes halogenated alkanes) is 1. The first-order valence-corrected chi connectivity index (χ1v) is 7.74. The Balaban J connectivity index is 2.37. The first-order chi connectivity index (χ1) is 11.0. The van der Waals surface area contributed by atoms with Crippen LogP contribution >= 0.6 is 0 Å². The van der Waals surface area contributed by atoms with Gasteiger partial charge in [0.2, 0.25) is 0 Å². The van der Waals surface area contributed by atoms with E-state index in [2.05, 4.69) is 24.0 Å². The summed E-state index contributed by atoms with van der Waals surface area (Å²) in [5.74, 6) is 1.95. The molecule has 0 saturated heterocycles. The smallest absolute Gasteiger partial charge is 0.280 e. The van der Waals surface area contributed by atoms with E-state index >= 15 is 0 Å². The Labute approximate surface area is 136 Å². The van der Waals surface area contributed by atoms with E-state index in [9.17, 15) is 4.79 Å². The van der Waals surface area contributed by atoms with Gasteiger partial charge in [-0.1, -0.05) is 0 Å². The Bertz CT molecular complexity index is 738. The second-order valence-electron chi connectivity index (χ2n) is 5.88. The first-order valence-electron chi connectivity index (χ1n) is 7.74. The summed E-state index contributed by atoms with van der Waals surface area (Å²) in [5, 5.41) is 0.544. The summed E-state index contributed by atoms with van der Waals surface area (Å²) in [6.45, 7) is 1.03. The van der Waals surface area contributed by atoms with Crippen molar-refractivity contribution in [1.82, 2.24) is 14.5 Å². The number of aromatic nitrogens is 2. The molecule has 6 heteroatoms. The maximum atomic E-state index is 12.3. The monoisotopic (exact) mass is 319 g/mol. The minimum absolute atomic E-state index is 0.221. The van der Waals surface area contributed by atoms with Crippen LogP contribution in [0.15, 0.2) is 16.9 Å². The molecular weight excluding hydrogens is 294 g/mol. The lowest BCUT2D eigenvalue weighted by Gasteiger charge is -2.14. The van der Waals surface area contributed by atoms with Gasteiger partial charge in [0.25, 0.3) is 5.56 Å². The second kappa shape index (κ2) is 7.46. The molecule has 0 radical (unpaired) electrons. The van der Waals surface area contributed by atoms with Crippen LogP contribution in [-0.2, 0) is 13.5 Å². The van der Waals surface area contributed by atoms with Crippen molar-refractivity contribution in [1.29, 1.82) is 0 Å². The Morgan fingerprint density at radius 3 is 2.39 bits per heavy atom. The van der Waals surface area contributed by atoms with Crippen molar-refractivity contribution in [3.05, 3.63) is 28.3 Å². The van der Waals surface area contributed by atoms with Crippen LogP contribution in [0.2, 0.25) is 0 Å². The average Bonchev–Trinajstić information content (AvgIpc) is 2.54. The summed E-state index contributed by atoms with van der Waals surface area (Å²) in [6, 6.07) is 3.53. The van der Waals surface area contributed by atoms with Crippen LogP contribution in [-0.4, -0.2) is 49.3 Å². The van der Waals surface area contributed by atoms with E-state index in [0.717, 1.165) is 37.1 Å². The fourth-order valence-electron chi connectivity index (χ4n) is 2.64. The Morgan fingerprint density at radius 2 is 1.78 bits per heavy atom. The summed E-state index contributed by atoms with van der Waals surface area (Å²) in [7, 11) is 9.20. The van der Waals surface area contributed by atoms with Crippen molar-refractivity contribution in [2.24, 2.45) is 7.05 Å². The van der Waals surface area contributed by atoms with Gasteiger partial charge in [-0.05, 0) is 39.5 Å². The zero-order valence-corrected chi connectivity index (χ0v) is 14.5. The third-order valence-corrected chi connectivity index (χ3v) is 3.97. The Hall–Kier alpha value is -2.08. The standard InChI is InChI=1S/C17H25N3O3/c1-19(2)9-7-6-8-16-18-17(21)12-10-14(22-4)15(23-5)11-13(12)20(16)3/h10-11H,6-9H2,1-5H3. The van der Waals surface area contributed by atoms with Gasteiger partial charge in [0.15, 0.2) is 11.5 Å². The van der Waals surface area contributed by atoms with Crippen molar-refractivity contribution in [2.45, 2.75) is 19.3 Å². The zero-order chi connectivity index (χ0) is 17.0.